The lowest BCUT2D eigenvalue weighted by Crippen LogP contribution is -2.01. The molecule has 2 aromatic carbocycles. The first kappa shape index (κ1) is 13.0. The van der Waals surface area contributed by atoms with Crippen LogP contribution < -0.4 is 0 Å². The van der Waals surface area contributed by atoms with Gasteiger partial charge in [-0.25, -0.2) is 4.39 Å². The van der Waals surface area contributed by atoms with Crippen LogP contribution in [0.5, 0.6) is 0 Å². The van der Waals surface area contributed by atoms with E-state index in [-0.39, 0.29) is 11.6 Å². The Morgan fingerprint density at radius 2 is 1.40 bits per heavy atom. The van der Waals surface area contributed by atoms with Crippen molar-refractivity contribution in [1.29, 1.82) is 0 Å². The highest BCUT2D eigenvalue weighted by molar-refractivity contribution is 14.1. The molecule has 3 rings (SSSR count). The van der Waals surface area contributed by atoms with Gasteiger partial charge in [-0.3, -0.25) is 0 Å². The molecule has 1 heterocycles. The molecule has 0 atom stereocenters. The minimum absolute atomic E-state index is 0.187. The van der Waals surface area contributed by atoms with E-state index in [1.54, 1.807) is 12.1 Å². The summed E-state index contributed by atoms with van der Waals surface area (Å²) >= 11 is 2.03. The van der Waals surface area contributed by atoms with Crippen molar-refractivity contribution in [2.75, 3.05) is 0 Å². The van der Waals surface area contributed by atoms with Crippen LogP contribution >= 0.6 is 22.6 Å². The first-order valence-electron chi connectivity index (χ1n) is 5.83. The molecule has 0 amide bonds. The number of nitrogens with zero attached hydrogens (tertiary/aromatic N) is 4. The molecular weight excluding hydrogens is 370 g/mol. The molecule has 0 aliphatic carbocycles. The summed E-state index contributed by atoms with van der Waals surface area (Å²) in [7, 11) is 0. The van der Waals surface area contributed by atoms with Gasteiger partial charge in [-0.15, -0.1) is 20.4 Å². The normalized spacial score (nSPS) is 10.5. The molecule has 0 saturated heterocycles. The van der Waals surface area contributed by atoms with Crippen LogP contribution in [-0.2, 0) is 0 Å². The maximum Gasteiger partial charge on any atom is 0.207 e. The summed E-state index contributed by atoms with van der Waals surface area (Å²) in [4.78, 5) is 0. The van der Waals surface area contributed by atoms with Gasteiger partial charge < -0.3 is 0 Å². The van der Waals surface area contributed by atoms with Crippen molar-refractivity contribution in [2.45, 2.75) is 0 Å². The molecule has 0 unspecified atom stereocenters. The minimum atomic E-state index is -0.382. The second-order valence-corrected chi connectivity index (χ2v) is 5.17. The fraction of sp³-hybridized carbons (Fsp3) is 0. The quantitative estimate of drug-likeness (QED) is 0.642. The number of hydrogen-bond donors (Lipinski definition) is 0. The predicted molar refractivity (Wildman–Crippen MR) is 81.2 cm³/mol. The second kappa shape index (κ2) is 5.58. The van der Waals surface area contributed by atoms with Crippen LogP contribution in [0, 0.1) is 9.39 Å². The van der Waals surface area contributed by atoms with Gasteiger partial charge in [0.15, 0.2) is 0 Å². The smallest absolute Gasteiger partial charge is 0.206 e. The zero-order valence-corrected chi connectivity index (χ0v) is 12.3. The maximum absolute atomic E-state index is 13.8. The summed E-state index contributed by atoms with van der Waals surface area (Å²) in [6.45, 7) is 0. The number of hydrogen-bond acceptors (Lipinski definition) is 4. The summed E-state index contributed by atoms with van der Waals surface area (Å²) in [5, 5.41) is 16.0. The second-order valence-electron chi connectivity index (χ2n) is 4.01. The zero-order valence-electron chi connectivity index (χ0n) is 10.2. The highest BCUT2D eigenvalue weighted by atomic mass is 127. The number of aromatic nitrogens is 4. The molecule has 4 nitrogen and oxygen atoms in total. The van der Waals surface area contributed by atoms with Gasteiger partial charge in [-0.1, -0.05) is 36.4 Å². The Morgan fingerprint density at radius 3 is 2.05 bits per heavy atom. The van der Waals surface area contributed by atoms with Crippen molar-refractivity contribution in [1.82, 2.24) is 20.4 Å². The Kier molecular flexibility index (Phi) is 3.64. The van der Waals surface area contributed by atoms with Gasteiger partial charge in [0.2, 0.25) is 11.6 Å². The third-order valence-corrected chi connectivity index (χ3v) is 3.60. The molecule has 0 saturated carbocycles. The fourth-order valence-corrected chi connectivity index (χ4v) is 2.45. The van der Waals surface area contributed by atoms with Crippen LogP contribution in [0.3, 0.4) is 0 Å². The van der Waals surface area contributed by atoms with Crippen LogP contribution in [0.25, 0.3) is 22.8 Å². The standard InChI is InChI=1S/C14H8FIN4/c15-10-7-4-8-11(16)12(10)14-19-17-13(18-20-14)9-5-2-1-3-6-9/h1-8H. The van der Waals surface area contributed by atoms with Gasteiger partial charge >= 0.3 is 0 Å². The van der Waals surface area contributed by atoms with E-state index in [1.807, 2.05) is 52.9 Å². The van der Waals surface area contributed by atoms with E-state index in [4.69, 9.17) is 0 Å². The lowest BCUT2D eigenvalue weighted by molar-refractivity contribution is 0.627. The van der Waals surface area contributed by atoms with Crippen molar-refractivity contribution in [3.8, 4) is 22.8 Å². The monoisotopic (exact) mass is 378 g/mol. The zero-order chi connectivity index (χ0) is 13.9. The van der Waals surface area contributed by atoms with Crippen molar-refractivity contribution in [3.05, 3.63) is 57.9 Å². The van der Waals surface area contributed by atoms with Crippen LogP contribution in [0.1, 0.15) is 0 Å². The lowest BCUT2D eigenvalue weighted by Gasteiger charge is -2.03. The third-order valence-electron chi connectivity index (χ3n) is 2.70. The highest BCUT2D eigenvalue weighted by Crippen LogP contribution is 2.24. The van der Waals surface area contributed by atoms with E-state index in [9.17, 15) is 4.39 Å². The summed E-state index contributed by atoms with van der Waals surface area (Å²) in [5.41, 5.74) is 1.15. The Balaban J connectivity index is 2.02. The molecule has 20 heavy (non-hydrogen) atoms. The SMILES string of the molecule is Fc1cccc(I)c1-c1nnc(-c2ccccc2)nn1. The van der Waals surface area contributed by atoms with Crippen molar-refractivity contribution in [2.24, 2.45) is 0 Å². The minimum Gasteiger partial charge on any atom is -0.206 e. The Labute approximate surface area is 128 Å². The van der Waals surface area contributed by atoms with E-state index in [0.717, 1.165) is 9.13 Å². The highest BCUT2D eigenvalue weighted by Gasteiger charge is 2.13. The summed E-state index contributed by atoms with van der Waals surface area (Å²) in [6, 6.07) is 14.2. The van der Waals surface area contributed by atoms with Gasteiger partial charge in [-0.05, 0) is 34.7 Å². The van der Waals surface area contributed by atoms with Crippen LogP contribution in [0.4, 0.5) is 4.39 Å². The average molecular weight is 378 g/mol. The summed E-state index contributed by atoms with van der Waals surface area (Å²) in [5.74, 6) is 0.223. The van der Waals surface area contributed by atoms with Gasteiger partial charge in [0.25, 0.3) is 0 Å². The molecule has 6 heteroatoms. The summed E-state index contributed by atoms with van der Waals surface area (Å²) in [6.07, 6.45) is 0. The molecule has 0 aliphatic heterocycles. The number of benzene rings is 2. The molecule has 0 aliphatic rings. The average Bonchev–Trinajstić information content (AvgIpc) is 2.49. The maximum atomic E-state index is 13.8. The van der Waals surface area contributed by atoms with Gasteiger partial charge in [0.05, 0.1) is 5.56 Å². The van der Waals surface area contributed by atoms with Gasteiger partial charge in [0.1, 0.15) is 5.82 Å². The van der Waals surface area contributed by atoms with Crippen LogP contribution in [0.2, 0.25) is 0 Å². The Bertz CT molecular complexity index is 712. The van der Waals surface area contributed by atoms with E-state index >= 15 is 0 Å². The largest absolute Gasteiger partial charge is 0.207 e. The van der Waals surface area contributed by atoms with Gasteiger partial charge in [0, 0.05) is 9.13 Å². The topological polar surface area (TPSA) is 51.6 Å². The van der Waals surface area contributed by atoms with Crippen LogP contribution in [0.15, 0.2) is 48.5 Å². The summed E-state index contributed by atoms with van der Waals surface area (Å²) < 4.78 is 14.5. The molecule has 0 radical (unpaired) electrons. The molecule has 98 valence electrons. The first-order valence-corrected chi connectivity index (χ1v) is 6.91. The number of halogens is 2. The van der Waals surface area contributed by atoms with E-state index in [1.165, 1.54) is 6.07 Å². The van der Waals surface area contributed by atoms with E-state index in [0.29, 0.717) is 11.4 Å². The molecule has 0 bridgehead atoms. The van der Waals surface area contributed by atoms with Crippen molar-refractivity contribution >= 4 is 22.6 Å². The predicted octanol–water partition coefficient (Wildman–Crippen LogP) is 3.34. The third kappa shape index (κ3) is 2.51. The molecule has 0 fully saturated rings. The van der Waals surface area contributed by atoms with E-state index < -0.39 is 0 Å². The van der Waals surface area contributed by atoms with Crippen molar-refractivity contribution < 1.29 is 4.39 Å². The number of rotatable bonds is 2. The molecule has 0 N–H and O–H groups in total. The fourth-order valence-electron chi connectivity index (χ4n) is 1.74. The van der Waals surface area contributed by atoms with E-state index in [2.05, 4.69) is 20.4 Å². The van der Waals surface area contributed by atoms with Gasteiger partial charge in [-0.2, -0.15) is 0 Å². The molecule has 1 aromatic heterocycles. The molecule has 0 spiro atoms. The Hall–Kier alpha value is -1.96. The van der Waals surface area contributed by atoms with Crippen LogP contribution in [-0.4, -0.2) is 20.4 Å². The molecule has 3 aromatic rings. The lowest BCUT2D eigenvalue weighted by atomic mass is 10.2. The first-order chi connectivity index (χ1) is 9.75. The Morgan fingerprint density at radius 1 is 0.750 bits per heavy atom. The molecular formula is C14H8FIN4. The van der Waals surface area contributed by atoms with Crippen molar-refractivity contribution in [3.63, 3.8) is 0 Å².